The van der Waals surface area contributed by atoms with Crippen molar-refractivity contribution in [1.29, 1.82) is 5.26 Å². The van der Waals surface area contributed by atoms with Gasteiger partial charge >= 0.3 is 11.7 Å². The molecule has 1 aromatic carbocycles. The number of para-hydroxylation sites is 1. The van der Waals surface area contributed by atoms with Crippen LogP contribution in [0.15, 0.2) is 18.2 Å². The van der Waals surface area contributed by atoms with Crippen molar-refractivity contribution in [3.05, 3.63) is 33.9 Å². The molecule has 8 heteroatoms. The minimum atomic E-state index is -1.09. The van der Waals surface area contributed by atoms with Crippen molar-refractivity contribution in [2.24, 2.45) is 0 Å². The van der Waals surface area contributed by atoms with E-state index in [-0.39, 0.29) is 30.1 Å². The second-order valence-electron chi connectivity index (χ2n) is 3.44. The van der Waals surface area contributed by atoms with Crippen molar-refractivity contribution >= 4 is 17.3 Å². The molecule has 0 heterocycles. The molecular weight excluding hydrogens is 254 g/mol. The molecule has 0 radical (unpaired) electrons. The summed E-state index contributed by atoms with van der Waals surface area (Å²) in [5.41, 5.74) is -0.146. The minimum Gasteiger partial charge on any atom is -0.480 e. The van der Waals surface area contributed by atoms with Gasteiger partial charge in [0.15, 0.2) is 0 Å². The van der Waals surface area contributed by atoms with E-state index >= 15 is 0 Å². The molecular formula is C11H11N3O5. The average molecular weight is 265 g/mol. The number of nitro groups is 1. The van der Waals surface area contributed by atoms with E-state index in [9.17, 15) is 14.9 Å². The Morgan fingerprint density at radius 2 is 2.32 bits per heavy atom. The monoisotopic (exact) mass is 265 g/mol. The Bertz CT molecular complexity index is 524. The van der Waals surface area contributed by atoms with Gasteiger partial charge in [0, 0.05) is 6.54 Å². The number of carboxylic acid groups (broad SMARTS) is 1. The van der Waals surface area contributed by atoms with Crippen LogP contribution in [0.1, 0.15) is 5.56 Å². The van der Waals surface area contributed by atoms with Crippen molar-refractivity contribution < 1.29 is 19.6 Å². The van der Waals surface area contributed by atoms with Crippen LogP contribution in [-0.4, -0.2) is 35.8 Å². The van der Waals surface area contributed by atoms with Gasteiger partial charge in [0.05, 0.1) is 11.5 Å². The Kier molecular flexibility index (Phi) is 5.25. The first kappa shape index (κ1) is 14.4. The molecule has 100 valence electrons. The first-order chi connectivity index (χ1) is 9.06. The van der Waals surface area contributed by atoms with Gasteiger partial charge in [-0.3, -0.25) is 10.1 Å². The van der Waals surface area contributed by atoms with Crippen LogP contribution in [0.2, 0.25) is 0 Å². The average Bonchev–Trinajstić information content (AvgIpc) is 2.37. The number of hydrogen-bond acceptors (Lipinski definition) is 6. The lowest BCUT2D eigenvalue weighted by atomic mass is 10.1. The Morgan fingerprint density at radius 3 is 2.89 bits per heavy atom. The molecule has 0 aliphatic carbocycles. The summed E-state index contributed by atoms with van der Waals surface area (Å²) in [7, 11) is 0. The van der Waals surface area contributed by atoms with E-state index in [2.05, 4.69) is 5.32 Å². The number of nitrogens with zero attached hydrogens (tertiary/aromatic N) is 2. The van der Waals surface area contributed by atoms with Crippen LogP contribution >= 0.6 is 0 Å². The van der Waals surface area contributed by atoms with Crippen molar-refractivity contribution in [2.45, 2.75) is 0 Å². The highest BCUT2D eigenvalue weighted by atomic mass is 16.6. The molecule has 0 amide bonds. The van der Waals surface area contributed by atoms with Gasteiger partial charge in [-0.1, -0.05) is 6.07 Å². The molecule has 0 aliphatic rings. The Hall–Kier alpha value is -2.66. The molecule has 8 nitrogen and oxygen atoms in total. The predicted molar refractivity (Wildman–Crippen MR) is 64.8 cm³/mol. The summed E-state index contributed by atoms with van der Waals surface area (Å²) in [4.78, 5) is 20.4. The molecule has 0 fully saturated rings. The van der Waals surface area contributed by atoms with Crippen LogP contribution < -0.4 is 5.32 Å². The first-order valence-corrected chi connectivity index (χ1v) is 5.27. The maximum Gasteiger partial charge on any atom is 0.329 e. The SMILES string of the molecule is N#Cc1cccc(NCCOCC(=O)O)c1[N+](=O)[O-]. The van der Waals surface area contributed by atoms with Crippen LogP contribution in [0.5, 0.6) is 0 Å². The third-order valence-corrected chi connectivity index (χ3v) is 2.13. The molecule has 0 spiro atoms. The molecule has 0 saturated heterocycles. The molecule has 0 unspecified atom stereocenters. The largest absolute Gasteiger partial charge is 0.480 e. The fourth-order valence-corrected chi connectivity index (χ4v) is 1.39. The van der Waals surface area contributed by atoms with Crippen LogP contribution in [0, 0.1) is 21.4 Å². The third kappa shape index (κ3) is 4.25. The van der Waals surface area contributed by atoms with E-state index in [4.69, 9.17) is 15.1 Å². The molecule has 2 N–H and O–H groups in total. The summed E-state index contributed by atoms with van der Waals surface area (Å²) in [6, 6.07) is 6.08. The number of benzene rings is 1. The molecule has 0 aromatic heterocycles. The molecule has 0 atom stereocenters. The van der Waals surface area contributed by atoms with Crippen molar-refractivity contribution in [2.75, 3.05) is 25.1 Å². The summed E-state index contributed by atoms with van der Waals surface area (Å²) in [5.74, 6) is -1.09. The van der Waals surface area contributed by atoms with Crippen LogP contribution in [0.3, 0.4) is 0 Å². The summed E-state index contributed by atoms with van der Waals surface area (Å²) in [6.07, 6.45) is 0. The lowest BCUT2D eigenvalue weighted by Crippen LogP contribution is -2.14. The van der Waals surface area contributed by atoms with Crippen molar-refractivity contribution in [3.63, 3.8) is 0 Å². The van der Waals surface area contributed by atoms with Gasteiger partial charge in [0.1, 0.15) is 23.9 Å². The van der Waals surface area contributed by atoms with E-state index in [0.29, 0.717) is 0 Å². The first-order valence-electron chi connectivity index (χ1n) is 5.27. The van der Waals surface area contributed by atoms with E-state index in [1.165, 1.54) is 18.2 Å². The number of carbonyl (C=O) groups is 1. The second-order valence-corrected chi connectivity index (χ2v) is 3.44. The van der Waals surface area contributed by atoms with Gasteiger partial charge in [-0.15, -0.1) is 0 Å². The van der Waals surface area contributed by atoms with E-state index in [1.54, 1.807) is 6.07 Å². The predicted octanol–water partition coefficient (Wildman–Crippen LogP) is 0.980. The number of ether oxygens (including phenoxy) is 1. The topological polar surface area (TPSA) is 125 Å². The number of hydrogen-bond donors (Lipinski definition) is 2. The van der Waals surface area contributed by atoms with Crippen molar-refractivity contribution in [1.82, 2.24) is 0 Å². The summed E-state index contributed by atoms with van der Waals surface area (Å²) < 4.78 is 4.78. The standard InChI is InChI=1S/C11H11N3O5/c12-6-8-2-1-3-9(11(8)14(17)18)13-4-5-19-7-10(15)16/h1-3,13H,4-5,7H2,(H,15,16). The van der Waals surface area contributed by atoms with Gasteiger partial charge in [-0.05, 0) is 12.1 Å². The van der Waals surface area contributed by atoms with Gasteiger partial charge in [0.25, 0.3) is 0 Å². The lowest BCUT2D eigenvalue weighted by Gasteiger charge is -2.07. The number of carboxylic acids is 1. The fourth-order valence-electron chi connectivity index (χ4n) is 1.39. The number of nitriles is 1. The highest BCUT2D eigenvalue weighted by molar-refractivity contribution is 5.68. The zero-order chi connectivity index (χ0) is 14.3. The van der Waals surface area contributed by atoms with E-state index in [1.807, 2.05) is 0 Å². The third-order valence-electron chi connectivity index (χ3n) is 2.13. The Labute approximate surface area is 108 Å². The van der Waals surface area contributed by atoms with Gasteiger partial charge in [-0.2, -0.15) is 5.26 Å². The molecule has 0 bridgehead atoms. The minimum absolute atomic E-state index is 0.0403. The highest BCUT2D eigenvalue weighted by Crippen LogP contribution is 2.27. The molecule has 19 heavy (non-hydrogen) atoms. The van der Waals surface area contributed by atoms with Gasteiger partial charge in [-0.25, -0.2) is 4.79 Å². The number of nitro benzene ring substituents is 1. The fraction of sp³-hybridized carbons (Fsp3) is 0.273. The Balaban J connectivity index is 2.66. The summed E-state index contributed by atoms with van der Waals surface area (Å²) >= 11 is 0. The number of nitrogens with one attached hydrogen (secondary N) is 1. The lowest BCUT2D eigenvalue weighted by molar-refractivity contribution is -0.384. The molecule has 1 aromatic rings. The number of rotatable bonds is 7. The smallest absolute Gasteiger partial charge is 0.329 e. The number of aliphatic carboxylic acids is 1. The van der Waals surface area contributed by atoms with Gasteiger partial charge in [0.2, 0.25) is 0 Å². The zero-order valence-electron chi connectivity index (χ0n) is 9.83. The maximum absolute atomic E-state index is 10.9. The summed E-state index contributed by atoms with van der Waals surface area (Å²) in [5, 5.41) is 30.8. The van der Waals surface area contributed by atoms with Crippen molar-refractivity contribution in [3.8, 4) is 6.07 Å². The number of anilines is 1. The van der Waals surface area contributed by atoms with E-state index < -0.39 is 17.5 Å². The van der Waals surface area contributed by atoms with Gasteiger partial charge < -0.3 is 15.2 Å². The quantitative estimate of drug-likeness (QED) is 0.427. The van der Waals surface area contributed by atoms with Crippen LogP contribution in [-0.2, 0) is 9.53 Å². The second kappa shape index (κ2) is 6.93. The summed E-state index contributed by atoms with van der Waals surface area (Å²) in [6.45, 7) is -0.148. The normalized spacial score (nSPS) is 9.63. The highest BCUT2D eigenvalue weighted by Gasteiger charge is 2.18. The van der Waals surface area contributed by atoms with E-state index in [0.717, 1.165) is 0 Å². The zero-order valence-corrected chi connectivity index (χ0v) is 9.83. The molecule has 0 aliphatic heterocycles. The maximum atomic E-state index is 10.9. The molecule has 1 rings (SSSR count). The van der Waals surface area contributed by atoms with Crippen LogP contribution in [0.4, 0.5) is 11.4 Å². The molecule has 0 saturated carbocycles. The van der Waals surface area contributed by atoms with Crippen LogP contribution in [0.25, 0.3) is 0 Å². The Morgan fingerprint density at radius 1 is 1.58 bits per heavy atom.